The van der Waals surface area contributed by atoms with E-state index >= 15 is 0 Å². The first-order valence-electron chi connectivity index (χ1n) is 16.4. The number of amides is 3. The molecule has 0 aromatic heterocycles. The number of ketones is 1. The zero-order valence-electron chi connectivity index (χ0n) is 28.7. The van der Waals surface area contributed by atoms with E-state index in [1.165, 1.54) is 17.4 Å². The smallest absolute Gasteiger partial charge is 0.410 e. The molecular formula is C36H51N3O6Si. The number of hydrogen-bond donors (Lipinski definition) is 1. The van der Waals surface area contributed by atoms with E-state index in [1.54, 1.807) is 4.90 Å². The van der Waals surface area contributed by atoms with Crippen molar-refractivity contribution >= 4 is 32.0 Å². The Kier molecular flexibility index (Phi) is 11.1. The van der Waals surface area contributed by atoms with Crippen LogP contribution in [0.5, 0.6) is 0 Å². The average Bonchev–Trinajstić information content (AvgIpc) is 3.42. The van der Waals surface area contributed by atoms with Crippen LogP contribution in [0.2, 0.25) is 18.1 Å². The van der Waals surface area contributed by atoms with Crippen molar-refractivity contribution in [3.05, 3.63) is 71.3 Å². The fourth-order valence-corrected chi connectivity index (χ4v) is 7.12. The number of benzene rings is 2. The topological polar surface area (TPSA) is 105 Å². The highest BCUT2D eigenvalue weighted by Crippen LogP contribution is 2.38. The van der Waals surface area contributed by atoms with Crippen molar-refractivity contribution < 1.29 is 28.3 Å². The standard InChI is InChI=1S/C36H51N3O6Si/c1-24(2)32(37-33(41)31(20-26-14-10-9-11-15-26)45-46(7,8)36(4,5)6)34(42)39-23-29(21-30(39)25(3)40)44-35(43)38-19-18-27-16-12-13-17-28(27)22-38/h9-17,24,29-32H,18-23H2,1-8H3,(H,37,41)/t29-,30+,31+,32+/m1/s1. The third-order valence-corrected chi connectivity index (χ3v) is 14.2. The second kappa shape index (κ2) is 14.5. The van der Waals surface area contributed by atoms with Crippen molar-refractivity contribution in [2.75, 3.05) is 13.1 Å². The number of carbonyl (C=O) groups is 4. The van der Waals surface area contributed by atoms with E-state index < -0.39 is 38.7 Å². The van der Waals surface area contributed by atoms with Gasteiger partial charge in [0.25, 0.3) is 0 Å². The van der Waals surface area contributed by atoms with Gasteiger partial charge in [-0.2, -0.15) is 0 Å². The molecule has 0 saturated carbocycles. The highest BCUT2D eigenvalue weighted by Gasteiger charge is 2.45. The van der Waals surface area contributed by atoms with Gasteiger partial charge in [-0.25, -0.2) is 4.79 Å². The molecule has 3 amide bonds. The molecule has 0 bridgehead atoms. The molecule has 10 heteroatoms. The number of nitrogens with zero attached hydrogens (tertiary/aromatic N) is 2. The Balaban J connectivity index is 1.48. The predicted molar refractivity (Wildman–Crippen MR) is 181 cm³/mol. The van der Waals surface area contributed by atoms with Gasteiger partial charge in [0.1, 0.15) is 18.2 Å². The summed E-state index contributed by atoms with van der Waals surface area (Å²) in [6.07, 6.45) is -0.521. The summed E-state index contributed by atoms with van der Waals surface area (Å²) >= 11 is 0. The first-order chi connectivity index (χ1) is 21.6. The Morgan fingerprint density at radius 1 is 0.978 bits per heavy atom. The molecule has 250 valence electrons. The summed E-state index contributed by atoms with van der Waals surface area (Å²) in [6, 6.07) is 16.1. The van der Waals surface area contributed by atoms with E-state index in [9.17, 15) is 19.2 Å². The van der Waals surface area contributed by atoms with Crippen LogP contribution < -0.4 is 5.32 Å². The maximum Gasteiger partial charge on any atom is 0.410 e. The minimum absolute atomic E-state index is 0.0895. The van der Waals surface area contributed by atoms with Gasteiger partial charge in [-0.1, -0.05) is 89.2 Å². The van der Waals surface area contributed by atoms with Crippen LogP contribution >= 0.6 is 0 Å². The molecule has 2 aliphatic rings. The van der Waals surface area contributed by atoms with Gasteiger partial charge >= 0.3 is 6.09 Å². The monoisotopic (exact) mass is 649 g/mol. The van der Waals surface area contributed by atoms with Gasteiger partial charge in [0.05, 0.1) is 12.6 Å². The first kappa shape index (κ1) is 35.4. The van der Waals surface area contributed by atoms with Gasteiger partial charge in [0.2, 0.25) is 11.8 Å². The molecule has 2 aromatic carbocycles. The largest absolute Gasteiger partial charge is 0.444 e. The molecule has 46 heavy (non-hydrogen) atoms. The van der Waals surface area contributed by atoms with Gasteiger partial charge in [0, 0.05) is 25.9 Å². The molecule has 2 aliphatic heterocycles. The molecule has 0 spiro atoms. The average molecular weight is 650 g/mol. The van der Waals surface area contributed by atoms with Crippen LogP contribution in [0.25, 0.3) is 0 Å². The summed E-state index contributed by atoms with van der Waals surface area (Å²) in [6.45, 7) is 16.9. The molecule has 2 aromatic rings. The minimum atomic E-state index is -2.35. The fraction of sp³-hybridized carbons (Fsp3) is 0.556. The second-order valence-electron chi connectivity index (χ2n) is 14.6. The maximum atomic E-state index is 14.1. The molecule has 4 rings (SSSR count). The number of hydrogen-bond acceptors (Lipinski definition) is 6. The molecule has 2 heterocycles. The van der Waals surface area contributed by atoms with Gasteiger partial charge in [-0.05, 0) is 54.1 Å². The quantitative estimate of drug-likeness (QED) is 0.340. The lowest BCUT2D eigenvalue weighted by Gasteiger charge is -2.39. The third-order valence-electron chi connectivity index (χ3n) is 9.70. The van der Waals surface area contributed by atoms with Crippen molar-refractivity contribution in [2.45, 2.75) is 110 Å². The van der Waals surface area contributed by atoms with Crippen molar-refractivity contribution in [2.24, 2.45) is 5.92 Å². The number of Topliss-reactive ketones (excluding diaryl/α,β-unsaturated/α-hetero) is 1. The first-order valence-corrected chi connectivity index (χ1v) is 19.3. The lowest BCUT2D eigenvalue weighted by molar-refractivity contribution is -0.142. The molecule has 0 radical (unpaired) electrons. The van der Waals surface area contributed by atoms with Crippen molar-refractivity contribution in [3.8, 4) is 0 Å². The lowest BCUT2D eigenvalue weighted by Crippen LogP contribution is -2.57. The summed E-state index contributed by atoms with van der Waals surface area (Å²) in [5.74, 6) is -1.16. The molecular weight excluding hydrogens is 598 g/mol. The Morgan fingerprint density at radius 2 is 1.61 bits per heavy atom. The van der Waals surface area contributed by atoms with Crippen molar-refractivity contribution in [3.63, 3.8) is 0 Å². The van der Waals surface area contributed by atoms with Gasteiger partial charge < -0.3 is 24.3 Å². The Morgan fingerprint density at radius 3 is 2.22 bits per heavy atom. The Bertz CT molecular complexity index is 1410. The zero-order chi connectivity index (χ0) is 33.8. The highest BCUT2D eigenvalue weighted by atomic mass is 28.4. The molecule has 9 nitrogen and oxygen atoms in total. The predicted octanol–water partition coefficient (Wildman–Crippen LogP) is 5.51. The number of carbonyl (C=O) groups excluding carboxylic acids is 4. The SMILES string of the molecule is CC(=O)[C@@H]1C[C@@H](OC(=O)N2CCc3ccccc3C2)CN1C(=O)[C@@H](NC(=O)[C@H](Cc1ccccc1)O[Si](C)(C)C(C)(C)C)C(C)C. The third kappa shape index (κ3) is 8.44. The second-order valence-corrected chi connectivity index (χ2v) is 19.3. The summed E-state index contributed by atoms with van der Waals surface area (Å²) < 4.78 is 12.5. The van der Waals surface area contributed by atoms with Gasteiger partial charge in [-0.3, -0.25) is 14.4 Å². The van der Waals surface area contributed by atoms with Crippen LogP contribution in [-0.4, -0.2) is 79.2 Å². The molecule has 1 fully saturated rings. The molecule has 0 unspecified atom stereocenters. The number of ether oxygens (including phenoxy) is 1. The number of rotatable bonds is 10. The van der Waals surface area contributed by atoms with Crippen LogP contribution in [0.1, 0.15) is 64.7 Å². The van der Waals surface area contributed by atoms with E-state index in [2.05, 4.69) is 45.2 Å². The zero-order valence-corrected chi connectivity index (χ0v) is 29.7. The Hall–Kier alpha value is -3.50. The summed E-state index contributed by atoms with van der Waals surface area (Å²) in [7, 11) is -2.35. The van der Waals surface area contributed by atoms with E-state index in [-0.39, 0.29) is 41.5 Å². The van der Waals surface area contributed by atoms with E-state index in [4.69, 9.17) is 9.16 Å². The Labute approximate surface area is 275 Å². The molecule has 0 aliphatic carbocycles. The number of likely N-dealkylation sites (tertiary alicyclic amines) is 1. The maximum absolute atomic E-state index is 14.1. The van der Waals surface area contributed by atoms with Gasteiger partial charge in [0.15, 0.2) is 14.1 Å². The summed E-state index contributed by atoms with van der Waals surface area (Å²) in [5.41, 5.74) is 3.28. The summed E-state index contributed by atoms with van der Waals surface area (Å²) in [5, 5.41) is 2.88. The fourth-order valence-electron chi connectivity index (χ4n) is 5.87. The van der Waals surface area contributed by atoms with Crippen LogP contribution in [0.15, 0.2) is 54.6 Å². The van der Waals surface area contributed by atoms with Crippen LogP contribution in [0.4, 0.5) is 4.79 Å². The lowest BCUT2D eigenvalue weighted by atomic mass is 10.0. The highest BCUT2D eigenvalue weighted by molar-refractivity contribution is 6.74. The number of nitrogens with one attached hydrogen (secondary N) is 1. The normalized spacial score (nSPS) is 19.8. The van der Waals surface area contributed by atoms with E-state index in [0.29, 0.717) is 19.5 Å². The van der Waals surface area contributed by atoms with Crippen molar-refractivity contribution in [1.82, 2.24) is 15.1 Å². The summed E-state index contributed by atoms with van der Waals surface area (Å²) in [4.78, 5) is 57.1. The number of fused-ring (bicyclic) bond motifs is 1. The van der Waals surface area contributed by atoms with Crippen LogP contribution in [0, 0.1) is 5.92 Å². The van der Waals surface area contributed by atoms with Crippen LogP contribution in [-0.2, 0) is 42.9 Å². The van der Waals surface area contributed by atoms with Crippen molar-refractivity contribution in [1.29, 1.82) is 0 Å². The minimum Gasteiger partial charge on any atom is -0.444 e. The van der Waals surface area contributed by atoms with Gasteiger partial charge in [-0.15, -0.1) is 0 Å². The van der Waals surface area contributed by atoms with Crippen LogP contribution in [0.3, 0.4) is 0 Å². The molecule has 1 N–H and O–H groups in total. The van der Waals surface area contributed by atoms with E-state index in [0.717, 1.165) is 17.5 Å². The molecule has 4 atom stereocenters. The molecule has 1 saturated heterocycles. The van der Waals surface area contributed by atoms with E-state index in [1.807, 2.05) is 62.4 Å².